The number of hydrogen-bond acceptors (Lipinski definition) is 3. The fourth-order valence-corrected chi connectivity index (χ4v) is 6.37. The van der Waals surface area contributed by atoms with E-state index in [2.05, 4.69) is 73.6 Å². The van der Waals surface area contributed by atoms with Gasteiger partial charge in [0, 0.05) is 13.7 Å². The fourth-order valence-electron chi connectivity index (χ4n) is 6.37. The van der Waals surface area contributed by atoms with Gasteiger partial charge in [0.25, 0.3) is 0 Å². The van der Waals surface area contributed by atoms with Crippen LogP contribution in [0.15, 0.2) is 23.8 Å². The molecule has 1 saturated carbocycles. The molecule has 1 fully saturated rings. The molecule has 222 valence electrons. The maximum absolute atomic E-state index is 11.6. The molecule has 0 radical (unpaired) electrons. The van der Waals surface area contributed by atoms with E-state index in [-0.39, 0.29) is 16.6 Å². The molecule has 0 spiro atoms. The first-order valence-corrected chi connectivity index (χ1v) is 15.5. The van der Waals surface area contributed by atoms with Crippen molar-refractivity contribution in [2.24, 2.45) is 17.8 Å². The highest BCUT2D eigenvalue weighted by Crippen LogP contribution is 2.46. The Labute approximate surface area is 241 Å². The van der Waals surface area contributed by atoms with Gasteiger partial charge < -0.3 is 9.53 Å². The number of aryl methyl sites for hydroxylation is 1. The van der Waals surface area contributed by atoms with E-state index in [1.54, 1.807) is 18.1 Å². The zero-order valence-corrected chi connectivity index (χ0v) is 27.2. The number of benzene rings is 1. The second-order valence-corrected chi connectivity index (χ2v) is 13.5. The number of methoxy groups -OCH3 is 1. The van der Waals surface area contributed by atoms with Gasteiger partial charge in [0.15, 0.2) is 5.78 Å². The third-order valence-corrected chi connectivity index (χ3v) is 9.42. The van der Waals surface area contributed by atoms with Crippen LogP contribution in [0.25, 0.3) is 0 Å². The molecule has 0 N–H and O–H groups in total. The number of Topliss-reactive ketones (excluding diaryl/α,β-unsaturated/α-hetero) is 1. The van der Waals surface area contributed by atoms with Gasteiger partial charge in [0.1, 0.15) is 6.79 Å². The molecule has 2 aliphatic rings. The van der Waals surface area contributed by atoms with Gasteiger partial charge in [-0.3, -0.25) is 4.79 Å². The smallest absolute Gasteiger partial charge is 0.155 e. The minimum Gasteiger partial charge on any atom is -0.384 e. The van der Waals surface area contributed by atoms with E-state index in [0.29, 0.717) is 5.92 Å². The number of rotatable bonds is 9. The van der Waals surface area contributed by atoms with Gasteiger partial charge in [0.2, 0.25) is 0 Å². The quantitative estimate of drug-likeness (QED) is 0.293. The summed E-state index contributed by atoms with van der Waals surface area (Å²) >= 11 is 0. The normalized spacial score (nSPS) is 22.4. The van der Waals surface area contributed by atoms with Crippen molar-refractivity contribution in [3.63, 3.8) is 0 Å². The number of carbonyl (C=O) groups excluding carboxylic acids is 2. The van der Waals surface area contributed by atoms with Gasteiger partial charge in [-0.15, -0.1) is 0 Å². The van der Waals surface area contributed by atoms with Crippen LogP contribution >= 0.6 is 0 Å². The molecule has 1 aromatic carbocycles. The van der Waals surface area contributed by atoms with Gasteiger partial charge >= 0.3 is 0 Å². The monoisotopic (exact) mass is 540 g/mol. The van der Waals surface area contributed by atoms with E-state index in [4.69, 9.17) is 9.53 Å². The summed E-state index contributed by atoms with van der Waals surface area (Å²) in [6, 6.07) is 4.96. The van der Waals surface area contributed by atoms with Crippen LogP contribution in [0.3, 0.4) is 0 Å². The third kappa shape index (κ3) is 10.6. The summed E-state index contributed by atoms with van der Waals surface area (Å²) in [7, 11) is 1.81. The predicted molar refractivity (Wildman–Crippen MR) is 168 cm³/mol. The first-order valence-electron chi connectivity index (χ1n) is 15.5. The molecule has 0 aromatic heterocycles. The Morgan fingerprint density at radius 1 is 1.00 bits per heavy atom. The first-order chi connectivity index (χ1) is 18.3. The van der Waals surface area contributed by atoms with Crippen LogP contribution in [0.1, 0.15) is 135 Å². The van der Waals surface area contributed by atoms with E-state index in [9.17, 15) is 4.79 Å². The van der Waals surface area contributed by atoms with Crippen molar-refractivity contribution in [3.8, 4) is 0 Å². The first kappa shape index (κ1) is 35.3. The molecule has 39 heavy (non-hydrogen) atoms. The summed E-state index contributed by atoms with van der Waals surface area (Å²) in [6.07, 6.45) is 14.6. The van der Waals surface area contributed by atoms with Crippen molar-refractivity contribution in [1.29, 1.82) is 0 Å². The van der Waals surface area contributed by atoms with Crippen molar-refractivity contribution >= 4 is 12.6 Å². The van der Waals surface area contributed by atoms with Crippen LogP contribution in [0.5, 0.6) is 0 Å². The number of hydrogen-bond donors (Lipinski definition) is 0. The van der Waals surface area contributed by atoms with Crippen LogP contribution in [-0.4, -0.2) is 26.3 Å². The topological polar surface area (TPSA) is 43.4 Å². The van der Waals surface area contributed by atoms with Gasteiger partial charge in [-0.2, -0.15) is 0 Å². The molecule has 1 aromatic rings. The Balaban J connectivity index is 0.000000487. The average molecular weight is 541 g/mol. The number of fused-ring (bicyclic) bond motifs is 1. The van der Waals surface area contributed by atoms with Crippen LogP contribution in [0, 0.1) is 24.7 Å². The molecule has 0 saturated heterocycles. The molecule has 1 atom stereocenters. The highest BCUT2D eigenvalue weighted by atomic mass is 16.5. The lowest BCUT2D eigenvalue weighted by atomic mass is 9.62. The molecule has 3 heteroatoms. The van der Waals surface area contributed by atoms with Gasteiger partial charge in [-0.1, -0.05) is 85.9 Å². The van der Waals surface area contributed by atoms with Gasteiger partial charge in [-0.05, 0) is 115 Å². The van der Waals surface area contributed by atoms with E-state index < -0.39 is 0 Å². The van der Waals surface area contributed by atoms with Crippen LogP contribution in [0.2, 0.25) is 0 Å². The van der Waals surface area contributed by atoms with Crippen molar-refractivity contribution in [2.75, 3.05) is 13.7 Å². The highest BCUT2D eigenvalue weighted by Gasteiger charge is 2.37. The molecular weight excluding hydrogens is 480 g/mol. The molecular formula is C36H60O3. The van der Waals surface area contributed by atoms with Gasteiger partial charge in [-0.25, -0.2) is 0 Å². The van der Waals surface area contributed by atoms with Crippen molar-refractivity contribution < 1.29 is 14.3 Å². The molecule has 3 rings (SSSR count). The van der Waals surface area contributed by atoms with Crippen molar-refractivity contribution in [3.05, 3.63) is 46.0 Å². The molecule has 0 aliphatic heterocycles. The average Bonchev–Trinajstić information content (AvgIpc) is 2.90. The molecule has 2 aliphatic carbocycles. The number of ketones is 1. The van der Waals surface area contributed by atoms with Crippen LogP contribution < -0.4 is 0 Å². The third-order valence-electron chi connectivity index (χ3n) is 9.42. The van der Waals surface area contributed by atoms with Crippen molar-refractivity contribution in [2.45, 2.75) is 137 Å². The summed E-state index contributed by atoms with van der Waals surface area (Å²) in [4.78, 5) is 19.6. The van der Waals surface area contributed by atoms with E-state index >= 15 is 0 Å². The Morgan fingerprint density at radius 2 is 1.51 bits per heavy atom. The largest absolute Gasteiger partial charge is 0.384 e. The van der Waals surface area contributed by atoms with Gasteiger partial charge in [0.05, 0.1) is 0 Å². The second-order valence-electron chi connectivity index (χ2n) is 13.5. The highest BCUT2D eigenvalue weighted by molar-refractivity contribution is 5.93. The summed E-state index contributed by atoms with van der Waals surface area (Å²) in [5.41, 5.74) is 7.52. The minimum absolute atomic E-state index is 0.216. The maximum atomic E-state index is 11.6. The molecule has 0 heterocycles. The number of carbonyl (C=O) groups is 2. The predicted octanol–water partition coefficient (Wildman–Crippen LogP) is 9.50. The second kappa shape index (κ2) is 16.5. The fraction of sp³-hybridized carbons (Fsp3) is 0.722. The van der Waals surface area contributed by atoms with Crippen LogP contribution in [-0.2, 0) is 31.6 Å². The van der Waals surface area contributed by atoms with Crippen molar-refractivity contribution in [1.82, 2.24) is 0 Å². The zero-order chi connectivity index (χ0) is 29.8. The maximum Gasteiger partial charge on any atom is 0.155 e. The molecule has 0 amide bonds. The SMILES string of the molecule is C=O.CC/C(=C\CC(C)Cc1cc2c(cc1C)C(C)(C)CCC2(C)C)C(C)=O.CCC1CCC(COC)CC1. The summed E-state index contributed by atoms with van der Waals surface area (Å²) in [6.45, 7) is 23.2. The molecule has 3 nitrogen and oxygen atoms in total. The summed E-state index contributed by atoms with van der Waals surface area (Å²) in [5.74, 6) is 2.65. The lowest BCUT2D eigenvalue weighted by Gasteiger charge is -2.42. The Morgan fingerprint density at radius 3 is 1.97 bits per heavy atom. The standard InChI is InChI=1S/C25H38O.C10H20O.CH2O/c1-9-20(19(4)26)11-10-17(2)14-21-16-23-22(15-18(21)3)24(5,6)12-13-25(23,7)8;1-3-9-4-6-10(7-5-9)8-11-2;1-2/h11,15-17H,9-10,12-14H2,1-8H3;9-10H,3-8H2,1-2H3;1H2/b20-11+;;. The Bertz CT molecular complexity index is 915. The van der Waals surface area contributed by atoms with Crippen LogP contribution in [0.4, 0.5) is 0 Å². The molecule has 0 bridgehead atoms. The Hall–Kier alpha value is -1.74. The lowest BCUT2D eigenvalue weighted by Crippen LogP contribution is -2.34. The number of allylic oxidation sites excluding steroid dienone is 2. The number of ether oxygens (including phenoxy) is 1. The van der Waals surface area contributed by atoms with E-state index in [0.717, 1.165) is 43.3 Å². The minimum atomic E-state index is 0.216. The summed E-state index contributed by atoms with van der Waals surface area (Å²) < 4.78 is 5.15. The zero-order valence-electron chi connectivity index (χ0n) is 27.2. The Kier molecular flexibility index (Phi) is 14.9. The van der Waals surface area contributed by atoms with E-state index in [1.807, 2.05) is 13.9 Å². The van der Waals surface area contributed by atoms with E-state index in [1.165, 1.54) is 56.1 Å². The lowest BCUT2D eigenvalue weighted by molar-refractivity contribution is -0.113. The molecule has 1 unspecified atom stereocenters. The summed E-state index contributed by atoms with van der Waals surface area (Å²) in [5, 5.41) is 0.